The van der Waals surface area contributed by atoms with E-state index in [1.807, 2.05) is 34.2 Å². The predicted octanol–water partition coefficient (Wildman–Crippen LogP) is 4.78. The lowest BCUT2D eigenvalue weighted by atomic mass is 9.87. The van der Waals surface area contributed by atoms with Crippen LogP contribution < -0.4 is 0 Å². The van der Waals surface area contributed by atoms with Crippen molar-refractivity contribution in [3.63, 3.8) is 0 Å². The molecule has 3 rings (SSSR count). The third-order valence-corrected chi connectivity index (χ3v) is 7.16. The molecule has 1 aromatic heterocycles. The molecule has 1 aromatic carbocycles. The molecule has 4 nitrogen and oxygen atoms in total. The topological polar surface area (TPSA) is 40.6 Å². The van der Waals surface area contributed by atoms with Gasteiger partial charge in [0.2, 0.25) is 5.91 Å². The summed E-state index contributed by atoms with van der Waals surface area (Å²) >= 11 is 3.12. The van der Waals surface area contributed by atoms with Crippen LogP contribution >= 0.6 is 23.1 Å². The molecule has 6 heteroatoms. The van der Waals surface area contributed by atoms with Gasteiger partial charge in [-0.05, 0) is 34.9 Å². The van der Waals surface area contributed by atoms with E-state index in [1.54, 1.807) is 11.8 Å². The largest absolute Gasteiger partial charge is 0.336 e. The fourth-order valence-electron chi connectivity index (χ4n) is 3.31. The van der Waals surface area contributed by atoms with Crippen LogP contribution in [0.3, 0.4) is 0 Å². The molecule has 1 atom stereocenters. The Bertz CT molecular complexity index is 810. The summed E-state index contributed by atoms with van der Waals surface area (Å²) in [5.41, 5.74) is 2.55. The fraction of sp³-hybridized carbons (Fsp3) is 0.455. The number of carbonyl (C=O) groups excluding carboxylic acids is 2. The summed E-state index contributed by atoms with van der Waals surface area (Å²) in [4.78, 5) is 29.6. The minimum atomic E-state index is 0.0251. The Morgan fingerprint density at radius 3 is 2.50 bits per heavy atom. The molecule has 1 fully saturated rings. The van der Waals surface area contributed by atoms with Crippen LogP contribution in [0.2, 0.25) is 0 Å². The highest BCUT2D eigenvalue weighted by atomic mass is 32.2. The van der Waals surface area contributed by atoms with Gasteiger partial charge < -0.3 is 9.80 Å². The molecule has 1 aliphatic heterocycles. The van der Waals surface area contributed by atoms with Gasteiger partial charge in [-0.25, -0.2) is 0 Å². The molecule has 2 amide bonds. The summed E-state index contributed by atoms with van der Waals surface area (Å²) in [5, 5.41) is 1.94. The summed E-state index contributed by atoms with van der Waals surface area (Å²) in [7, 11) is 0. The van der Waals surface area contributed by atoms with E-state index in [0.717, 1.165) is 10.4 Å². The minimum absolute atomic E-state index is 0.0251. The average molecular weight is 417 g/mol. The molecule has 0 aliphatic carbocycles. The average Bonchev–Trinajstić information content (AvgIpc) is 3.32. The van der Waals surface area contributed by atoms with Crippen molar-refractivity contribution < 1.29 is 9.59 Å². The number of hydrogen-bond acceptors (Lipinski definition) is 4. The first-order valence-corrected chi connectivity index (χ1v) is 11.6. The van der Waals surface area contributed by atoms with Crippen LogP contribution in [0.4, 0.5) is 0 Å². The van der Waals surface area contributed by atoms with Gasteiger partial charge in [0, 0.05) is 19.6 Å². The third-order valence-electron chi connectivity index (χ3n) is 5.04. The number of nitrogens with zero attached hydrogens (tertiary/aromatic N) is 2. The standard InChI is InChI=1S/C22H28N2O2S2/c1-5-23(20(26)18-7-6-14-27-18)12-13-24-19(25)15-28-21(24)16-8-10-17(11-9-16)22(2,3)4/h6-11,14,21H,5,12-13,15H2,1-4H3. The highest BCUT2D eigenvalue weighted by molar-refractivity contribution is 8.00. The van der Waals surface area contributed by atoms with Crippen LogP contribution in [0.5, 0.6) is 0 Å². The van der Waals surface area contributed by atoms with E-state index < -0.39 is 0 Å². The molecule has 0 saturated carbocycles. The van der Waals surface area contributed by atoms with Crippen molar-refractivity contribution in [3.05, 3.63) is 57.8 Å². The summed E-state index contributed by atoms with van der Waals surface area (Å²) in [5.74, 6) is 0.689. The van der Waals surface area contributed by atoms with Crippen molar-refractivity contribution in [3.8, 4) is 0 Å². The first kappa shape index (κ1) is 20.9. The molecule has 2 heterocycles. The van der Waals surface area contributed by atoms with Crippen LogP contribution in [0.1, 0.15) is 53.9 Å². The van der Waals surface area contributed by atoms with Gasteiger partial charge in [-0.3, -0.25) is 9.59 Å². The van der Waals surface area contributed by atoms with Gasteiger partial charge in [-0.1, -0.05) is 51.1 Å². The van der Waals surface area contributed by atoms with Crippen molar-refractivity contribution in [2.75, 3.05) is 25.4 Å². The van der Waals surface area contributed by atoms with Gasteiger partial charge in [0.15, 0.2) is 0 Å². The zero-order valence-corrected chi connectivity index (χ0v) is 18.6. The number of thioether (sulfide) groups is 1. The van der Waals surface area contributed by atoms with Crippen molar-refractivity contribution in [1.29, 1.82) is 0 Å². The van der Waals surface area contributed by atoms with E-state index in [1.165, 1.54) is 16.9 Å². The lowest BCUT2D eigenvalue weighted by Crippen LogP contribution is -2.39. The second-order valence-electron chi connectivity index (χ2n) is 7.98. The number of carbonyl (C=O) groups is 2. The Morgan fingerprint density at radius 2 is 1.93 bits per heavy atom. The number of rotatable bonds is 6. The highest BCUT2D eigenvalue weighted by Crippen LogP contribution is 2.39. The Kier molecular flexibility index (Phi) is 6.50. The van der Waals surface area contributed by atoms with Gasteiger partial charge in [0.05, 0.1) is 10.6 Å². The highest BCUT2D eigenvalue weighted by Gasteiger charge is 2.33. The minimum Gasteiger partial charge on any atom is -0.336 e. The Hall–Kier alpha value is -1.79. The van der Waals surface area contributed by atoms with Crippen LogP contribution in [0.25, 0.3) is 0 Å². The Morgan fingerprint density at radius 1 is 1.21 bits per heavy atom. The number of thiophene rings is 1. The smallest absolute Gasteiger partial charge is 0.263 e. The predicted molar refractivity (Wildman–Crippen MR) is 118 cm³/mol. The Balaban J connectivity index is 1.69. The van der Waals surface area contributed by atoms with Gasteiger partial charge >= 0.3 is 0 Å². The quantitative estimate of drug-likeness (QED) is 0.680. The van der Waals surface area contributed by atoms with Crippen molar-refractivity contribution in [2.45, 2.75) is 38.5 Å². The molecule has 1 saturated heterocycles. The van der Waals surface area contributed by atoms with Crippen LogP contribution in [0.15, 0.2) is 41.8 Å². The van der Waals surface area contributed by atoms with E-state index in [2.05, 4.69) is 45.0 Å². The zero-order valence-electron chi connectivity index (χ0n) is 17.0. The van der Waals surface area contributed by atoms with Gasteiger partial charge in [-0.2, -0.15) is 0 Å². The summed E-state index contributed by atoms with van der Waals surface area (Å²) in [6, 6.07) is 12.3. The van der Waals surface area contributed by atoms with Crippen LogP contribution in [-0.4, -0.2) is 47.0 Å². The lowest BCUT2D eigenvalue weighted by molar-refractivity contribution is -0.128. The number of benzene rings is 1. The number of amides is 2. The Labute approximate surface area is 175 Å². The molecule has 0 bridgehead atoms. The van der Waals surface area contributed by atoms with Crippen LogP contribution in [-0.2, 0) is 10.2 Å². The number of likely N-dealkylation sites (N-methyl/N-ethyl adjacent to an activating group) is 1. The summed E-state index contributed by atoms with van der Waals surface area (Å²) < 4.78 is 0. The molecule has 0 radical (unpaired) electrons. The van der Waals surface area contributed by atoms with Crippen LogP contribution in [0, 0.1) is 0 Å². The summed E-state index contributed by atoms with van der Waals surface area (Å²) in [6.45, 7) is 10.3. The molecule has 150 valence electrons. The number of hydrogen-bond donors (Lipinski definition) is 0. The maximum atomic E-state index is 12.6. The van der Waals surface area contributed by atoms with E-state index in [4.69, 9.17) is 0 Å². The molecule has 0 spiro atoms. The second kappa shape index (κ2) is 8.70. The SMILES string of the molecule is CCN(CCN1C(=O)CSC1c1ccc(C(C)(C)C)cc1)C(=O)c1cccs1. The molecular weight excluding hydrogens is 388 g/mol. The van der Waals surface area contributed by atoms with E-state index in [9.17, 15) is 9.59 Å². The molecule has 1 unspecified atom stereocenters. The monoisotopic (exact) mass is 416 g/mol. The first-order valence-electron chi connectivity index (χ1n) is 9.65. The fourth-order valence-corrected chi connectivity index (χ4v) is 5.22. The normalized spacial score (nSPS) is 17.2. The second-order valence-corrected chi connectivity index (χ2v) is 10.0. The lowest BCUT2D eigenvalue weighted by Gasteiger charge is -2.28. The molecule has 2 aromatic rings. The van der Waals surface area contributed by atoms with Gasteiger partial charge in [0.1, 0.15) is 5.37 Å². The molecule has 0 N–H and O–H groups in total. The third kappa shape index (κ3) is 4.61. The van der Waals surface area contributed by atoms with Crippen molar-refractivity contribution >= 4 is 34.9 Å². The van der Waals surface area contributed by atoms with E-state index in [0.29, 0.717) is 25.4 Å². The molecule has 1 aliphatic rings. The zero-order chi connectivity index (χ0) is 20.3. The molecular formula is C22H28N2O2S2. The summed E-state index contributed by atoms with van der Waals surface area (Å²) in [6.07, 6.45) is 0. The van der Waals surface area contributed by atoms with Crippen molar-refractivity contribution in [1.82, 2.24) is 9.80 Å². The maximum absolute atomic E-state index is 12.6. The van der Waals surface area contributed by atoms with E-state index in [-0.39, 0.29) is 22.6 Å². The maximum Gasteiger partial charge on any atom is 0.263 e. The molecule has 28 heavy (non-hydrogen) atoms. The van der Waals surface area contributed by atoms with Gasteiger partial charge in [-0.15, -0.1) is 23.1 Å². The van der Waals surface area contributed by atoms with Gasteiger partial charge in [0.25, 0.3) is 5.91 Å². The van der Waals surface area contributed by atoms with Crippen molar-refractivity contribution in [2.24, 2.45) is 0 Å². The first-order chi connectivity index (χ1) is 13.3. The van der Waals surface area contributed by atoms with E-state index >= 15 is 0 Å².